The number of benzene rings is 2. The molecular formula is C18H18Cl2N2O3. The topological polar surface area (TPSA) is 55.6 Å². The highest BCUT2D eigenvalue weighted by molar-refractivity contribution is 6.33. The van der Waals surface area contributed by atoms with E-state index in [4.69, 9.17) is 27.9 Å². The molecule has 0 atom stereocenters. The molecule has 7 heteroatoms. The highest BCUT2D eigenvalue weighted by atomic mass is 35.5. The van der Waals surface area contributed by atoms with E-state index in [1.54, 1.807) is 6.07 Å². The maximum Gasteiger partial charge on any atom is 0.271 e. The summed E-state index contributed by atoms with van der Waals surface area (Å²) in [6, 6.07) is 10.4. The fourth-order valence-electron chi connectivity index (χ4n) is 2.96. The van der Waals surface area contributed by atoms with Crippen molar-refractivity contribution in [1.29, 1.82) is 0 Å². The predicted octanol–water partition coefficient (Wildman–Crippen LogP) is 5.26. The molecule has 25 heavy (non-hydrogen) atoms. The summed E-state index contributed by atoms with van der Waals surface area (Å²) < 4.78 is 6.03. The molecule has 1 aliphatic heterocycles. The third-order valence-electron chi connectivity index (χ3n) is 4.31. The quantitative estimate of drug-likeness (QED) is 0.536. The molecule has 1 saturated heterocycles. The van der Waals surface area contributed by atoms with Crippen LogP contribution in [0.15, 0.2) is 36.4 Å². The van der Waals surface area contributed by atoms with Crippen molar-refractivity contribution in [2.24, 2.45) is 0 Å². The summed E-state index contributed by atoms with van der Waals surface area (Å²) in [5, 5.41) is 11.8. The second kappa shape index (κ2) is 7.50. The van der Waals surface area contributed by atoms with Crippen LogP contribution in [0, 0.1) is 17.0 Å². The monoisotopic (exact) mass is 380 g/mol. The van der Waals surface area contributed by atoms with Crippen LogP contribution >= 0.6 is 23.2 Å². The number of non-ortho nitro benzene ring substituents is 1. The molecular weight excluding hydrogens is 363 g/mol. The van der Waals surface area contributed by atoms with Gasteiger partial charge < -0.3 is 9.64 Å². The van der Waals surface area contributed by atoms with Crippen molar-refractivity contribution < 1.29 is 9.66 Å². The van der Waals surface area contributed by atoms with Gasteiger partial charge in [0, 0.05) is 38.1 Å². The summed E-state index contributed by atoms with van der Waals surface area (Å²) >= 11 is 12.4. The summed E-state index contributed by atoms with van der Waals surface area (Å²) in [5.74, 6) is 0.707. The van der Waals surface area contributed by atoms with Gasteiger partial charge in [-0.1, -0.05) is 29.3 Å². The minimum atomic E-state index is -0.443. The Hall–Kier alpha value is -1.98. The first-order valence-electron chi connectivity index (χ1n) is 8.06. The first-order valence-corrected chi connectivity index (χ1v) is 8.81. The van der Waals surface area contributed by atoms with E-state index < -0.39 is 4.92 Å². The summed E-state index contributed by atoms with van der Waals surface area (Å²) in [5.41, 5.74) is 1.92. The molecule has 0 bridgehead atoms. The Morgan fingerprint density at radius 1 is 1.12 bits per heavy atom. The lowest BCUT2D eigenvalue weighted by molar-refractivity contribution is -0.384. The Morgan fingerprint density at radius 3 is 2.44 bits per heavy atom. The number of nitro benzene ring substituents is 1. The third-order valence-corrected chi connectivity index (χ3v) is 4.90. The first kappa shape index (κ1) is 17.8. The Balaban J connectivity index is 1.63. The first-order chi connectivity index (χ1) is 11.9. The number of ether oxygens (including phenoxy) is 1. The molecule has 5 nitrogen and oxygen atoms in total. The SMILES string of the molecule is Cc1ccc(OC2CCN(c3ccc([N+](=O)[O-])cc3Cl)CC2)c(Cl)c1. The van der Waals surface area contributed by atoms with Crippen molar-refractivity contribution >= 4 is 34.6 Å². The number of aryl methyl sites for hydroxylation is 1. The van der Waals surface area contributed by atoms with Gasteiger partial charge in [0.15, 0.2) is 0 Å². The molecule has 132 valence electrons. The van der Waals surface area contributed by atoms with Crippen LogP contribution in [0.3, 0.4) is 0 Å². The van der Waals surface area contributed by atoms with Gasteiger partial charge in [-0.2, -0.15) is 0 Å². The van der Waals surface area contributed by atoms with Gasteiger partial charge in [0.1, 0.15) is 11.9 Å². The lowest BCUT2D eigenvalue weighted by atomic mass is 10.1. The number of halogens is 2. The average Bonchev–Trinajstić information content (AvgIpc) is 2.58. The Bertz CT molecular complexity index is 790. The van der Waals surface area contributed by atoms with E-state index in [1.165, 1.54) is 12.1 Å². The number of nitrogens with zero attached hydrogens (tertiary/aromatic N) is 2. The molecule has 1 fully saturated rings. The predicted molar refractivity (Wildman–Crippen MR) is 100 cm³/mol. The Kier molecular flexibility index (Phi) is 5.35. The molecule has 0 saturated carbocycles. The van der Waals surface area contributed by atoms with Crippen LogP contribution in [0.4, 0.5) is 11.4 Å². The largest absolute Gasteiger partial charge is 0.489 e. The molecule has 3 rings (SSSR count). The Labute approximate surface area is 156 Å². The van der Waals surface area contributed by atoms with Gasteiger partial charge in [-0.3, -0.25) is 10.1 Å². The maximum absolute atomic E-state index is 10.8. The second-order valence-corrected chi connectivity index (χ2v) is 6.95. The molecule has 0 unspecified atom stereocenters. The van der Waals surface area contributed by atoms with Crippen molar-refractivity contribution in [2.75, 3.05) is 18.0 Å². The number of nitro groups is 1. The fourth-order valence-corrected chi connectivity index (χ4v) is 3.54. The summed E-state index contributed by atoms with van der Waals surface area (Å²) in [4.78, 5) is 12.5. The van der Waals surface area contributed by atoms with Crippen molar-refractivity contribution in [3.05, 3.63) is 62.1 Å². The van der Waals surface area contributed by atoms with E-state index in [0.29, 0.717) is 15.8 Å². The number of hydrogen-bond donors (Lipinski definition) is 0. The number of anilines is 1. The molecule has 2 aromatic carbocycles. The van der Waals surface area contributed by atoms with Crippen LogP contribution in [0.5, 0.6) is 5.75 Å². The highest BCUT2D eigenvalue weighted by Crippen LogP contribution is 2.33. The normalized spacial score (nSPS) is 15.2. The maximum atomic E-state index is 10.8. The van der Waals surface area contributed by atoms with E-state index in [9.17, 15) is 10.1 Å². The van der Waals surface area contributed by atoms with Crippen molar-refractivity contribution in [3.8, 4) is 5.75 Å². The molecule has 0 amide bonds. The molecule has 0 radical (unpaired) electrons. The van der Waals surface area contributed by atoms with Gasteiger partial charge in [0.2, 0.25) is 0 Å². The van der Waals surface area contributed by atoms with Gasteiger partial charge in [0.05, 0.1) is 20.7 Å². The third kappa shape index (κ3) is 4.17. The van der Waals surface area contributed by atoms with Crippen molar-refractivity contribution in [3.63, 3.8) is 0 Å². The molecule has 2 aromatic rings. The summed E-state index contributed by atoms with van der Waals surface area (Å²) in [6.45, 7) is 3.53. The molecule has 0 aromatic heterocycles. The minimum absolute atomic E-state index is 0.000909. The van der Waals surface area contributed by atoms with E-state index in [-0.39, 0.29) is 11.8 Å². The second-order valence-electron chi connectivity index (χ2n) is 6.13. The zero-order valence-corrected chi connectivity index (χ0v) is 15.3. The lowest BCUT2D eigenvalue weighted by Crippen LogP contribution is -2.38. The smallest absolute Gasteiger partial charge is 0.271 e. The van der Waals surface area contributed by atoms with Crippen LogP contribution in [0.1, 0.15) is 18.4 Å². The van der Waals surface area contributed by atoms with Gasteiger partial charge in [-0.15, -0.1) is 0 Å². The minimum Gasteiger partial charge on any atom is -0.489 e. The van der Waals surface area contributed by atoms with Gasteiger partial charge >= 0.3 is 0 Å². The molecule has 0 spiro atoms. The van der Waals surface area contributed by atoms with Crippen LogP contribution in [-0.2, 0) is 0 Å². The average molecular weight is 381 g/mol. The summed E-state index contributed by atoms with van der Waals surface area (Å²) in [6.07, 6.45) is 1.75. The van der Waals surface area contributed by atoms with Gasteiger partial charge in [-0.25, -0.2) is 0 Å². The number of piperidine rings is 1. The number of hydrogen-bond acceptors (Lipinski definition) is 4. The van der Waals surface area contributed by atoms with Crippen LogP contribution in [0.2, 0.25) is 10.0 Å². The zero-order chi connectivity index (χ0) is 18.0. The fraction of sp³-hybridized carbons (Fsp3) is 0.333. The highest BCUT2D eigenvalue weighted by Gasteiger charge is 2.23. The van der Waals surface area contributed by atoms with Crippen LogP contribution < -0.4 is 9.64 Å². The van der Waals surface area contributed by atoms with Crippen LogP contribution in [0.25, 0.3) is 0 Å². The van der Waals surface area contributed by atoms with E-state index >= 15 is 0 Å². The van der Waals surface area contributed by atoms with Crippen molar-refractivity contribution in [2.45, 2.75) is 25.9 Å². The van der Waals surface area contributed by atoms with Crippen LogP contribution in [-0.4, -0.2) is 24.1 Å². The molecule has 1 aliphatic rings. The van der Waals surface area contributed by atoms with E-state index in [0.717, 1.165) is 37.2 Å². The standard InChI is InChI=1S/C18H18Cl2N2O3/c1-12-2-5-18(16(20)10-12)25-14-6-8-21(9-7-14)17-4-3-13(22(23)24)11-15(17)19/h2-5,10-11,14H,6-9H2,1H3. The summed E-state index contributed by atoms with van der Waals surface area (Å²) in [7, 11) is 0. The molecule has 1 heterocycles. The van der Waals surface area contributed by atoms with Gasteiger partial charge in [-0.05, 0) is 30.7 Å². The molecule has 0 N–H and O–H groups in total. The lowest BCUT2D eigenvalue weighted by Gasteiger charge is -2.34. The van der Waals surface area contributed by atoms with E-state index in [2.05, 4.69) is 4.90 Å². The van der Waals surface area contributed by atoms with Crippen molar-refractivity contribution in [1.82, 2.24) is 0 Å². The zero-order valence-electron chi connectivity index (χ0n) is 13.7. The molecule has 0 aliphatic carbocycles. The Morgan fingerprint density at radius 2 is 1.84 bits per heavy atom. The van der Waals surface area contributed by atoms with Gasteiger partial charge in [0.25, 0.3) is 5.69 Å². The van der Waals surface area contributed by atoms with E-state index in [1.807, 2.05) is 25.1 Å². The number of rotatable bonds is 4.